The third-order valence-electron chi connectivity index (χ3n) is 1.00. The average Bonchev–Trinajstić information content (AvgIpc) is 2.07. The van der Waals surface area contributed by atoms with Gasteiger partial charge in [0.1, 0.15) is 5.75 Å². The fraction of sp³-hybridized carbons (Fsp3) is 0.250. The molecule has 0 aliphatic heterocycles. The SMILES string of the molecule is [2H]c1cc(O)c([2H])c([2H])c1CC([2H])([2H])N. The molecule has 1 aromatic rings. The maximum atomic E-state index is 9.15. The normalized spacial score (nSPS) is 18.3. The summed E-state index contributed by atoms with van der Waals surface area (Å²) in [6, 6.07) is 0.0731. The molecule has 0 amide bonds. The molecule has 0 aliphatic rings. The molecule has 0 aromatic heterocycles. The molecule has 2 heteroatoms. The van der Waals surface area contributed by atoms with E-state index < -0.39 is 18.3 Å². The number of aromatic hydroxyl groups is 1. The molecule has 54 valence electrons. The van der Waals surface area contributed by atoms with E-state index in [0.29, 0.717) is 0 Å². The van der Waals surface area contributed by atoms with Crippen LogP contribution in [0.3, 0.4) is 0 Å². The summed E-state index contributed by atoms with van der Waals surface area (Å²) in [6.07, 6.45) is -0.323. The number of phenolic OH excluding ortho intramolecular Hbond substituents is 1. The Hall–Kier alpha value is -1.02. The zero-order valence-corrected chi connectivity index (χ0v) is 5.31. The lowest BCUT2D eigenvalue weighted by molar-refractivity contribution is 0.475. The largest absolute Gasteiger partial charge is 0.508 e. The standard InChI is InChI=1S/C8H11NO/c9-6-5-7-1-3-8(10)4-2-7/h1-4,10H,5-6,9H2/i1D,2D,3D,6D2. The molecule has 0 unspecified atom stereocenters. The van der Waals surface area contributed by atoms with Gasteiger partial charge < -0.3 is 10.8 Å². The van der Waals surface area contributed by atoms with E-state index in [0.717, 1.165) is 6.07 Å². The van der Waals surface area contributed by atoms with Crippen LogP contribution >= 0.6 is 0 Å². The Morgan fingerprint density at radius 2 is 2.40 bits per heavy atom. The number of benzene rings is 1. The van der Waals surface area contributed by atoms with Gasteiger partial charge in [0, 0.05) is 2.74 Å². The van der Waals surface area contributed by atoms with Crippen LogP contribution in [0.2, 0.25) is 0 Å². The van der Waals surface area contributed by atoms with Crippen molar-refractivity contribution < 1.29 is 12.0 Å². The molecule has 1 rings (SSSR count). The highest BCUT2D eigenvalue weighted by atomic mass is 16.3. The lowest BCUT2D eigenvalue weighted by Gasteiger charge is -1.96. The summed E-state index contributed by atoms with van der Waals surface area (Å²) in [5.41, 5.74) is 5.17. The van der Waals surface area contributed by atoms with Crippen molar-refractivity contribution in [3.05, 3.63) is 29.8 Å². The van der Waals surface area contributed by atoms with Crippen LogP contribution in [0.5, 0.6) is 5.75 Å². The van der Waals surface area contributed by atoms with E-state index in [1.807, 2.05) is 0 Å². The van der Waals surface area contributed by atoms with Crippen molar-refractivity contribution in [3.8, 4) is 5.75 Å². The number of nitrogens with two attached hydrogens (primary N) is 1. The average molecular weight is 142 g/mol. The van der Waals surface area contributed by atoms with E-state index in [4.69, 9.17) is 17.7 Å². The van der Waals surface area contributed by atoms with Gasteiger partial charge in [-0.3, -0.25) is 0 Å². The van der Waals surface area contributed by atoms with Crippen LogP contribution in [-0.2, 0) is 6.42 Å². The summed E-state index contributed by atoms with van der Waals surface area (Å²) < 4.78 is 36.5. The molecule has 0 atom stereocenters. The Morgan fingerprint density at radius 1 is 1.60 bits per heavy atom. The highest BCUT2D eigenvalue weighted by Gasteiger charge is 1.89. The molecule has 0 aliphatic carbocycles. The van der Waals surface area contributed by atoms with Crippen molar-refractivity contribution in [2.24, 2.45) is 5.73 Å². The smallest absolute Gasteiger partial charge is 0.115 e. The highest BCUT2D eigenvalue weighted by Crippen LogP contribution is 2.09. The fourth-order valence-electron chi connectivity index (χ4n) is 0.564. The molecule has 0 fully saturated rings. The third-order valence-corrected chi connectivity index (χ3v) is 1.00. The molecule has 0 saturated carbocycles. The first kappa shape index (κ1) is 2.93. The molecule has 0 radical (unpaired) electrons. The van der Waals surface area contributed by atoms with Crippen molar-refractivity contribution in [2.75, 3.05) is 6.50 Å². The zero-order valence-electron chi connectivity index (χ0n) is 10.3. The topological polar surface area (TPSA) is 46.2 Å². The van der Waals surface area contributed by atoms with E-state index in [2.05, 4.69) is 0 Å². The van der Waals surface area contributed by atoms with Gasteiger partial charge >= 0.3 is 0 Å². The first-order valence-electron chi connectivity index (χ1n) is 5.30. The minimum Gasteiger partial charge on any atom is -0.508 e. The Labute approximate surface area is 67.3 Å². The second-order valence-corrected chi connectivity index (χ2v) is 1.78. The summed E-state index contributed by atoms with van der Waals surface area (Å²) in [6.45, 7) is -2.03. The molecule has 2 nitrogen and oxygen atoms in total. The summed E-state index contributed by atoms with van der Waals surface area (Å²) in [7, 11) is 0. The monoisotopic (exact) mass is 142 g/mol. The molecule has 10 heavy (non-hydrogen) atoms. The molecule has 3 N–H and O–H groups in total. The zero-order chi connectivity index (χ0) is 11.8. The quantitative estimate of drug-likeness (QED) is 0.644. The van der Waals surface area contributed by atoms with Crippen LogP contribution in [0.15, 0.2) is 24.2 Å². The molecular formula is C8H11NO. The van der Waals surface area contributed by atoms with Crippen LogP contribution in [0.1, 0.15) is 12.4 Å². The molecule has 0 heterocycles. The molecule has 1 aromatic carbocycles. The van der Waals surface area contributed by atoms with Gasteiger partial charge in [-0.1, -0.05) is 12.1 Å². The Balaban J connectivity index is 3.24. The lowest BCUT2D eigenvalue weighted by atomic mass is 10.1. The van der Waals surface area contributed by atoms with Crippen LogP contribution in [0, 0.1) is 0 Å². The van der Waals surface area contributed by atoms with E-state index in [-0.39, 0.29) is 24.1 Å². The van der Waals surface area contributed by atoms with Crippen LogP contribution in [-0.4, -0.2) is 11.6 Å². The summed E-state index contributed by atoms with van der Waals surface area (Å²) in [5.74, 6) is -0.452. The van der Waals surface area contributed by atoms with Gasteiger partial charge in [-0.05, 0) is 30.6 Å². The number of hydrogen-bond donors (Lipinski definition) is 2. The van der Waals surface area contributed by atoms with Gasteiger partial charge in [0.15, 0.2) is 0 Å². The molecule has 0 spiro atoms. The predicted molar refractivity (Wildman–Crippen MR) is 40.9 cm³/mol. The van der Waals surface area contributed by atoms with Crippen molar-refractivity contribution in [3.63, 3.8) is 0 Å². The van der Waals surface area contributed by atoms with E-state index in [9.17, 15) is 0 Å². The molecule has 0 saturated heterocycles. The van der Waals surface area contributed by atoms with Gasteiger partial charge in [-0.15, -0.1) is 0 Å². The summed E-state index contributed by atoms with van der Waals surface area (Å²) in [5, 5.41) is 9.15. The summed E-state index contributed by atoms with van der Waals surface area (Å²) in [4.78, 5) is 0. The Morgan fingerprint density at radius 3 is 3.10 bits per heavy atom. The second kappa shape index (κ2) is 3.22. The number of hydrogen-bond acceptors (Lipinski definition) is 2. The first-order valence-corrected chi connectivity index (χ1v) is 2.80. The van der Waals surface area contributed by atoms with E-state index in [1.54, 1.807) is 0 Å². The van der Waals surface area contributed by atoms with E-state index in [1.165, 1.54) is 0 Å². The Kier molecular flexibility index (Phi) is 0.944. The highest BCUT2D eigenvalue weighted by molar-refractivity contribution is 5.25. The Bertz CT molecular complexity index is 388. The second-order valence-electron chi connectivity index (χ2n) is 1.78. The third kappa shape index (κ3) is 1.74. The van der Waals surface area contributed by atoms with Crippen molar-refractivity contribution in [1.29, 1.82) is 0 Å². The van der Waals surface area contributed by atoms with Crippen LogP contribution < -0.4 is 5.73 Å². The fourth-order valence-corrected chi connectivity index (χ4v) is 0.564. The number of rotatable bonds is 2. The van der Waals surface area contributed by atoms with Gasteiger partial charge in [0.05, 0.1) is 4.11 Å². The maximum absolute atomic E-state index is 9.15. The maximum Gasteiger partial charge on any atom is 0.115 e. The van der Waals surface area contributed by atoms with Crippen molar-refractivity contribution >= 4 is 0 Å². The van der Waals surface area contributed by atoms with Crippen LogP contribution in [0.4, 0.5) is 0 Å². The van der Waals surface area contributed by atoms with Gasteiger partial charge in [0.25, 0.3) is 0 Å². The van der Waals surface area contributed by atoms with Gasteiger partial charge in [0.2, 0.25) is 0 Å². The summed E-state index contributed by atoms with van der Waals surface area (Å²) >= 11 is 0. The minimum absolute atomic E-state index is 0.0327. The number of phenols is 1. The minimum atomic E-state index is -2.03. The van der Waals surface area contributed by atoms with Crippen LogP contribution in [0.25, 0.3) is 0 Å². The predicted octanol–water partition coefficient (Wildman–Crippen LogP) is 0.893. The first-order chi connectivity index (χ1) is 6.72. The van der Waals surface area contributed by atoms with Crippen molar-refractivity contribution in [1.82, 2.24) is 0 Å². The lowest BCUT2D eigenvalue weighted by Crippen LogP contribution is -2.01. The van der Waals surface area contributed by atoms with E-state index >= 15 is 0 Å². The molecular weight excluding hydrogens is 126 g/mol. The van der Waals surface area contributed by atoms with Gasteiger partial charge in [-0.25, -0.2) is 0 Å². The van der Waals surface area contributed by atoms with Crippen molar-refractivity contribution in [2.45, 2.75) is 6.42 Å². The molecule has 0 bridgehead atoms. The van der Waals surface area contributed by atoms with Gasteiger partial charge in [-0.2, -0.15) is 0 Å².